The molecule has 21 heavy (non-hydrogen) atoms. The Kier molecular flexibility index (Phi) is 4.01. The van der Waals surface area contributed by atoms with Crippen molar-refractivity contribution in [3.8, 4) is 5.69 Å². The van der Waals surface area contributed by atoms with Gasteiger partial charge in [0.15, 0.2) is 0 Å². The summed E-state index contributed by atoms with van der Waals surface area (Å²) in [5.41, 5.74) is 2.36. The Balaban J connectivity index is 1.58. The highest BCUT2D eigenvalue weighted by Crippen LogP contribution is 2.21. The maximum Gasteiger partial charge on any atom is 0.303 e. The lowest BCUT2D eigenvalue weighted by atomic mass is 10.1. The summed E-state index contributed by atoms with van der Waals surface area (Å²) >= 11 is 0. The highest BCUT2D eigenvalue weighted by Gasteiger charge is 2.24. The molecule has 1 N–H and O–H groups in total. The van der Waals surface area contributed by atoms with Gasteiger partial charge in [-0.15, -0.1) is 0 Å². The molecule has 1 atom stereocenters. The zero-order valence-electron chi connectivity index (χ0n) is 11.9. The standard InChI is InChI=1S/C16H19N3O2/c20-16(21)9-14-5-7-18(11-14)10-13-1-3-15(4-2-13)19-8-6-17-12-19/h1-4,6,8,12,14H,5,7,9-11H2,(H,20,21). The predicted octanol–water partition coefficient (Wildman–Crippen LogP) is 2.17. The van der Waals surface area contributed by atoms with Crippen LogP contribution in [0.5, 0.6) is 0 Å². The molecule has 1 aromatic heterocycles. The number of carbonyl (C=O) groups is 1. The molecule has 0 amide bonds. The van der Waals surface area contributed by atoms with Gasteiger partial charge in [0.2, 0.25) is 0 Å². The molecule has 5 heteroatoms. The molecule has 1 fully saturated rings. The van der Waals surface area contributed by atoms with E-state index in [0.717, 1.165) is 31.7 Å². The fourth-order valence-corrected chi connectivity index (χ4v) is 2.91. The number of rotatable bonds is 5. The third-order valence-corrected chi connectivity index (χ3v) is 3.98. The fraction of sp³-hybridized carbons (Fsp3) is 0.375. The summed E-state index contributed by atoms with van der Waals surface area (Å²) < 4.78 is 1.97. The third-order valence-electron chi connectivity index (χ3n) is 3.98. The van der Waals surface area contributed by atoms with E-state index in [0.29, 0.717) is 5.92 Å². The fourth-order valence-electron chi connectivity index (χ4n) is 2.91. The largest absolute Gasteiger partial charge is 0.481 e. The minimum Gasteiger partial charge on any atom is -0.481 e. The summed E-state index contributed by atoms with van der Waals surface area (Å²) in [5.74, 6) is -0.390. The number of imidazole rings is 1. The molecule has 2 heterocycles. The molecule has 2 aromatic rings. The van der Waals surface area contributed by atoms with Crippen molar-refractivity contribution in [2.24, 2.45) is 5.92 Å². The molecule has 1 aliphatic rings. The molecule has 1 saturated heterocycles. The van der Waals surface area contributed by atoms with Crippen LogP contribution in [-0.2, 0) is 11.3 Å². The van der Waals surface area contributed by atoms with Crippen LogP contribution in [0, 0.1) is 5.92 Å². The smallest absolute Gasteiger partial charge is 0.303 e. The summed E-state index contributed by atoms with van der Waals surface area (Å²) in [7, 11) is 0. The van der Waals surface area contributed by atoms with E-state index in [9.17, 15) is 4.79 Å². The van der Waals surface area contributed by atoms with Gasteiger partial charge in [0.05, 0.1) is 6.33 Å². The van der Waals surface area contributed by atoms with Crippen LogP contribution in [0.3, 0.4) is 0 Å². The first-order chi connectivity index (χ1) is 10.2. The Hall–Kier alpha value is -2.14. The zero-order valence-corrected chi connectivity index (χ0v) is 11.9. The van der Waals surface area contributed by atoms with Crippen molar-refractivity contribution in [1.82, 2.24) is 14.5 Å². The molecule has 0 aliphatic carbocycles. The van der Waals surface area contributed by atoms with Gasteiger partial charge in [-0.1, -0.05) is 12.1 Å². The predicted molar refractivity (Wildman–Crippen MR) is 79.2 cm³/mol. The van der Waals surface area contributed by atoms with Crippen molar-refractivity contribution >= 4 is 5.97 Å². The molecule has 0 bridgehead atoms. The van der Waals surface area contributed by atoms with E-state index in [4.69, 9.17) is 5.11 Å². The first kappa shape index (κ1) is 13.8. The lowest BCUT2D eigenvalue weighted by molar-refractivity contribution is -0.138. The lowest BCUT2D eigenvalue weighted by Gasteiger charge is -2.16. The third kappa shape index (κ3) is 3.49. The second-order valence-electron chi connectivity index (χ2n) is 5.62. The van der Waals surface area contributed by atoms with Crippen LogP contribution < -0.4 is 0 Å². The number of hydrogen-bond donors (Lipinski definition) is 1. The number of aliphatic carboxylic acids is 1. The Bertz CT molecular complexity index is 592. The van der Waals surface area contributed by atoms with E-state index in [1.165, 1.54) is 5.56 Å². The van der Waals surface area contributed by atoms with Gasteiger partial charge in [0, 0.05) is 37.6 Å². The first-order valence-electron chi connectivity index (χ1n) is 7.22. The Morgan fingerprint density at radius 2 is 2.14 bits per heavy atom. The number of benzene rings is 1. The van der Waals surface area contributed by atoms with Crippen molar-refractivity contribution in [3.63, 3.8) is 0 Å². The molecule has 110 valence electrons. The van der Waals surface area contributed by atoms with Crippen LogP contribution in [-0.4, -0.2) is 38.6 Å². The highest BCUT2D eigenvalue weighted by atomic mass is 16.4. The van der Waals surface area contributed by atoms with Gasteiger partial charge in [0.25, 0.3) is 0 Å². The molecule has 0 radical (unpaired) electrons. The molecule has 3 rings (SSSR count). The molecular formula is C16H19N3O2. The second kappa shape index (κ2) is 6.10. The van der Waals surface area contributed by atoms with Gasteiger partial charge in [-0.05, 0) is 36.6 Å². The quantitative estimate of drug-likeness (QED) is 0.914. The van der Waals surface area contributed by atoms with Crippen LogP contribution in [0.2, 0.25) is 0 Å². The summed E-state index contributed by atoms with van der Waals surface area (Å²) in [6.45, 7) is 2.76. The summed E-state index contributed by atoms with van der Waals surface area (Å²) in [4.78, 5) is 17.1. The SMILES string of the molecule is O=C(O)CC1CCN(Cc2ccc(-n3ccnc3)cc2)C1. The van der Waals surface area contributed by atoms with E-state index < -0.39 is 5.97 Å². The van der Waals surface area contributed by atoms with E-state index in [-0.39, 0.29) is 6.42 Å². The first-order valence-corrected chi connectivity index (χ1v) is 7.22. The van der Waals surface area contributed by atoms with Crippen LogP contribution >= 0.6 is 0 Å². The van der Waals surface area contributed by atoms with Crippen LogP contribution in [0.25, 0.3) is 5.69 Å². The number of carboxylic acids is 1. The van der Waals surface area contributed by atoms with Crippen LogP contribution in [0.15, 0.2) is 43.0 Å². The minimum absolute atomic E-state index is 0.288. The van der Waals surface area contributed by atoms with Gasteiger partial charge in [-0.2, -0.15) is 0 Å². The summed E-state index contributed by atoms with van der Waals surface area (Å²) in [5, 5.41) is 8.84. The van der Waals surface area contributed by atoms with Crippen molar-refractivity contribution in [3.05, 3.63) is 48.5 Å². The van der Waals surface area contributed by atoms with Crippen molar-refractivity contribution in [2.75, 3.05) is 13.1 Å². The molecule has 5 nitrogen and oxygen atoms in total. The minimum atomic E-state index is -0.688. The van der Waals surface area contributed by atoms with Crippen LogP contribution in [0.4, 0.5) is 0 Å². The maximum atomic E-state index is 10.7. The lowest BCUT2D eigenvalue weighted by Crippen LogP contribution is -2.20. The van der Waals surface area contributed by atoms with Crippen molar-refractivity contribution < 1.29 is 9.90 Å². The second-order valence-corrected chi connectivity index (χ2v) is 5.62. The van der Waals surface area contributed by atoms with Gasteiger partial charge >= 0.3 is 5.97 Å². The number of hydrogen-bond acceptors (Lipinski definition) is 3. The monoisotopic (exact) mass is 285 g/mol. The van der Waals surface area contributed by atoms with E-state index in [2.05, 4.69) is 34.1 Å². The van der Waals surface area contributed by atoms with Gasteiger partial charge in [0.1, 0.15) is 0 Å². The van der Waals surface area contributed by atoms with Gasteiger partial charge in [-0.3, -0.25) is 9.69 Å². The molecule has 0 saturated carbocycles. The van der Waals surface area contributed by atoms with Crippen molar-refractivity contribution in [2.45, 2.75) is 19.4 Å². The van der Waals surface area contributed by atoms with Gasteiger partial charge in [-0.25, -0.2) is 4.98 Å². The highest BCUT2D eigenvalue weighted by molar-refractivity contribution is 5.67. The average Bonchev–Trinajstić information content (AvgIpc) is 3.11. The Morgan fingerprint density at radius 3 is 2.81 bits per heavy atom. The van der Waals surface area contributed by atoms with E-state index in [1.54, 1.807) is 12.5 Å². The van der Waals surface area contributed by atoms with Crippen LogP contribution in [0.1, 0.15) is 18.4 Å². The number of nitrogens with zero attached hydrogens (tertiary/aromatic N) is 3. The zero-order chi connectivity index (χ0) is 14.7. The molecule has 1 aliphatic heterocycles. The summed E-state index contributed by atoms with van der Waals surface area (Å²) in [6, 6.07) is 8.42. The Morgan fingerprint density at radius 1 is 1.33 bits per heavy atom. The molecular weight excluding hydrogens is 266 g/mol. The average molecular weight is 285 g/mol. The van der Waals surface area contributed by atoms with Gasteiger partial charge < -0.3 is 9.67 Å². The maximum absolute atomic E-state index is 10.7. The topological polar surface area (TPSA) is 58.4 Å². The molecule has 0 spiro atoms. The van der Waals surface area contributed by atoms with E-state index >= 15 is 0 Å². The molecule has 1 aromatic carbocycles. The Labute approximate surface area is 123 Å². The molecule has 1 unspecified atom stereocenters. The summed E-state index contributed by atoms with van der Waals surface area (Å²) in [6.07, 6.45) is 6.74. The van der Waals surface area contributed by atoms with E-state index in [1.807, 2.05) is 10.8 Å². The number of carboxylic acid groups (broad SMARTS) is 1. The number of aromatic nitrogens is 2. The van der Waals surface area contributed by atoms with Crippen molar-refractivity contribution in [1.29, 1.82) is 0 Å². The normalized spacial score (nSPS) is 19.0. The number of likely N-dealkylation sites (tertiary alicyclic amines) is 1.